The molecule has 1 aliphatic rings. The Kier molecular flexibility index (Phi) is 6.54. The van der Waals surface area contributed by atoms with Crippen LogP contribution in [0.15, 0.2) is 30.3 Å². The smallest absolute Gasteiger partial charge is 0.220 e. The molecule has 1 amide bonds. The van der Waals surface area contributed by atoms with Crippen molar-refractivity contribution in [2.24, 2.45) is 0 Å². The van der Waals surface area contributed by atoms with E-state index in [1.54, 1.807) is 0 Å². The van der Waals surface area contributed by atoms with Gasteiger partial charge in [-0.15, -0.1) is 0 Å². The van der Waals surface area contributed by atoms with Gasteiger partial charge in [-0.2, -0.15) is 0 Å². The molecule has 21 heavy (non-hydrogen) atoms. The maximum atomic E-state index is 11.8. The SMILES string of the molecule is CC(CNC(=O)CCCOc1ccccc1)N1CCCC1. The topological polar surface area (TPSA) is 41.6 Å². The summed E-state index contributed by atoms with van der Waals surface area (Å²) in [7, 11) is 0. The van der Waals surface area contributed by atoms with Crippen LogP contribution in [0.5, 0.6) is 5.75 Å². The second-order valence-electron chi connectivity index (χ2n) is 5.66. The average molecular weight is 290 g/mol. The molecule has 1 N–H and O–H groups in total. The first-order chi connectivity index (χ1) is 10.3. The summed E-state index contributed by atoms with van der Waals surface area (Å²) in [4.78, 5) is 14.2. The number of hydrogen-bond acceptors (Lipinski definition) is 3. The fourth-order valence-electron chi connectivity index (χ4n) is 2.60. The molecule has 1 aliphatic heterocycles. The Labute approximate surface area is 127 Å². The molecule has 1 aromatic rings. The highest BCUT2D eigenvalue weighted by atomic mass is 16.5. The van der Waals surface area contributed by atoms with E-state index in [4.69, 9.17) is 4.74 Å². The zero-order valence-electron chi connectivity index (χ0n) is 12.9. The summed E-state index contributed by atoms with van der Waals surface area (Å²) in [6.45, 7) is 5.85. The number of para-hydroxylation sites is 1. The molecule has 0 aliphatic carbocycles. The molecule has 0 saturated carbocycles. The first-order valence-electron chi connectivity index (χ1n) is 7.94. The zero-order chi connectivity index (χ0) is 14.9. The van der Waals surface area contributed by atoms with E-state index in [0.717, 1.165) is 18.7 Å². The number of rotatable bonds is 8. The van der Waals surface area contributed by atoms with Gasteiger partial charge in [0.2, 0.25) is 5.91 Å². The number of carbonyl (C=O) groups excluding carboxylic acids is 1. The van der Waals surface area contributed by atoms with Crippen LogP contribution in [-0.2, 0) is 4.79 Å². The lowest BCUT2D eigenvalue weighted by molar-refractivity contribution is -0.121. The fraction of sp³-hybridized carbons (Fsp3) is 0.588. The Morgan fingerprint density at radius 3 is 2.71 bits per heavy atom. The van der Waals surface area contributed by atoms with Gasteiger partial charge in [0.25, 0.3) is 0 Å². The highest BCUT2D eigenvalue weighted by Crippen LogP contribution is 2.11. The van der Waals surface area contributed by atoms with E-state index in [-0.39, 0.29) is 5.91 Å². The van der Waals surface area contributed by atoms with Crippen molar-refractivity contribution in [1.82, 2.24) is 10.2 Å². The lowest BCUT2D eigenvalue weighted by Gasteiger charge is -2.23. The predicted molar refractivity (Wildman–Crippen MR) is 84.4 cm³/mol. The molecule has 0 spiro atoms. The molecule has 0 aromatic heterocycles. The van der Waals surface area contributed by atoms with Gasteiger partial charge < -0.3 is 10.1 Å². The Morgan fingerprint density at radius 1 is 1.29 bits per heavy atom. The number of nitrogens with one attached hydrogen (secondary N) is 1. The third kappa shape index (κ3) is 5.76. The molecule has 4 nitrogen and oxygen atoms in total. The molecular weight excluding hydrogens is 264 g/mol. The molecule has 116 valence electrons. The molecule has 0 radical (unpaired) electrons. The van der Waals surface area contributed by atoms with Crippen molar-refractivity contribution in [3.8, 4) is 5.75 Å². The molecule has 4 heteroatoms. The van der Waals surface area contributed by atoms with Gasteiger partial charge in [-0.25, -0.2) is 0 Å². The van der Waals surface area contributed by atoms with E-state index in [9.17, 15) is 4.79 Å². The summed E-state index contributed by atoms with van der Waals surface area (Å²) in [6.07, 6.45) is 3.85. The maximum Gasteiger partial charge on any atom is 0.220 e. The number of hydrogen-bond donors (Lipinski definition) is 1. The van der Waals surface area contributed by atoms with Crippen molar-refractivity contribution in [1.29, 1.82) is 0 Å². The lowest BCUT2D eigenvalue weighted by atomic mass is 10.2. The number of likely N-dealkylation sites (tertiary alicyclic amines) is 1. The van der Waals surface area contributed by atoms with E-state index in [1.807, 2.05) is 30.3 Å². The van der Waals surface area contributed by atoms with E-state index >= 15 is 0 Å². The van der Waals surface area contributed by atoms with E-state index in [1.165, 1.54) is 25.9 Å². The summed E-state index contributed by atoms with van der Waals surface area (Å²) in [6, 6.07) is 10.2. The van der Waals surface area contributed by atoms with Crippen molar-refractivity contribution in [2.75, 3.05) is 26.2 Å². The molecule has 0 bridgehead atoms. The van der Waals surface area contributed by atoms with Gasteiger partial charge in [-0.1, -0.05) is 18.2 Å². The molecule has 1 unspecified atom stereocenters. The molecule has 1 heterocycles. The predicted octanol–water partition coefficient (Wildman–Crippen LogP) is 2.45. The van der Waals surface area contributed by atoms with E-state index in [2.05, 4.69) is 17.1 Å². The van der Waals surface area contributed by atoms with Crippen molar-refractivity contribution < 1.29 is 9.53 Å². The summed E-state index contributed by atoms with van der Waals surface area (Å²) in [5, 5.41) is 3.02. The van der Waals surface area contributed by atoms with Crippen LogP contribution in [0.1, 0.15) is 32.6 Å². The number of carbonyl (C=O) groups is 1. The highest BCUT2D eigenvalue weighted by molar-refractivity contribution is 5.75. The number of benzene rings is 1. The summed E-state index contributed by atoms with van der Waals surface area (Å²) in [5.74, 6) is 0.985. The van der Waals surface area contributed by atoms with Crippen LogP contribution >= 0.6 is 0 Å². The number of ether oxygens (including phenoxy) is 1. The maximum absolute atomic E-state index is 11.8. The largest absolute Gasteiger partial charge is 0.494 e. The molecule has 1 atom stereocenters. The van der Waals surface area contributed by atoms with Crippen LogP contribution in [0.3, 0.4) is 0 Å². The van der Waals surface area contributed by atoms with E-state index < -0.39 is 0 Å². The van der Waals surface area contributed by atoms with Gasteiger partial charge in [0.15, 0.2) is 0 Å². The monoisotopic (exact) mass is 290 g/mol. The third-order valence-electron chi connectivity index (χ3n) is 3.92. The third-order valence-corrected chi connectivity index (χ3v) is 3.92. The van der Waals surface area contributed by atoms with Gasteiger partial charge in [-0.05, 0) is 51.4 Å². The standard InChI is InChI=1S/C17H26N2O2/c1-15(19-11-5-6-12-19)14-18-17(20)10-7-13-21-16-8-3-2-4-9-16/h2-4,8-9,15H,5-7,10-14H2,1H3,(H,18,20). The summed E-state index contributed by atoms with van der Waals surface area (Å²) >= 11 is 0. The van der Waals surface area contributed by atoms with E-state index in [0.29, 0.717) is 19.1 Å². The minimum Gasteiger partial charge on any atom is -0.494 e. The number of amides is 1. The average Bonchev–Trinajstić information content (AvgIpc) is 3.05. The Hall–Kier alpha value is -1.55. The minimum absolute atomic E-state index is 0.123. The quantitative estimate of drug-likeness (QED) is 0.748. The van der Waals surface area contributed by atoms with Gasteiger partial charge in [-0.3, -0.25) is 9.69 Å². The molecule has 2 rings (SSSR count). The van der Waals surface area contributed by atoms with Crippen LogP contribution < -0.4 is 10.1 Å². The fourth-order valence-corrected chi connectivity index (χ4v) is 2.60. The van der Waals surface area contributed by atoms with Crippen LogP contribution in [0.2, 0.25) is 0 Å². The Balaban J connectivity index is 1.53. The summed E-state index contributed by atoms with van der Waals surface area (Å²) < 4.78 is 5.58. The van der Waals surface area contributed by atoms with Crippen molar-refractivity contribution in [3.63, 3.8) is 0 Å². The first kappa shape index (κ1) is 15.8. The number of nitrogens with zero attached hydrogens (tertiary/aromatic N) is 1. The van der Waals surface area contributed by atoms with Gasteiger partial charge in [0.05, 0.1) is 6.61 Å². The molecule has 1 saturated heterocycles. The molecule has 1 fully saturated rings. The van der Waals surface area contributed by atoms with Gasteiger partial charge >= 0.3 is 0 Å². The Bertz CT molecular complexity index is 416. The van der Waals surface area contributed by atoms with Crippen molar-refractivity contribution in [2.45, 2.75) is 38.6 Å². The summed E-state index contributed by atoms with van der Waals surface area (Å²) in [5.41, 5.74) is 0. The lowest BCUT2D eigenvalue weighted by Crippen LogP contribution is -2.40. The zero-order valence-corrected chi connectivity index (χ0v) is 12.9. The van der Waals surface area contributed by atoms with Gasteiger partial charge in [0.1, 0.15) is 5.75 Å². The van der Waals surface area contributed by atoms with Crippen LogP contribution in [0.4, 0.5) is 0 Å². The minimum atomic E-state index is 0.123. The normalized spacial score (nSPS) is 16.6. The van der Waals surface area contributed by atoms with Crippen LogP contribution in [0.25, 0.3) is 0 Å². The van der Waals surface area contributed by atoms with Crippen molar-refractivity contribution in [3.05, 3.63) is 30.3 Å². The Morgan fingerprint density at radius 2 is 2.00 bits per heavy atom. The van der Waals surface area contributed by atoms with Crippen LogP contribution in [0, 0.1) is 0 Å². The highest BCUT2D eigenvalue weighted by Gasteiger charge is 2.18. The van der Waals surface area contributed by atoms with Crippen LogP contribution in [-0.4, -0.2) is 43.1 Å². The molecule has 1 aromatic carbocycles. The van der Waals surface area contributed by atoms with Gasteiger partial charge in [0, 0.05) is 19.0 Å². The second-order valence-corrected chi connectivity index (χ2v) is 5.66. The second kappa shape index (κ2) is 8.67. The molecular formula is C17H26N2O2. The van der Waals surface area contributed by atoms with Crippen molar-refractivity contribution >= 4 is 5.91 Å². The first-order valence-corrected chi connectivity index (χ1v) is 7.94.